The van der Waals surface area contributed by atoms with Gasteiger partial charge < -0.3 is 15.1 Å². The van der Waals surface area contributed by atoms with Crippen molar-refractivity contribution in [1.29, 1.82) is 0 Å². The van der Waals surface area contributed by atoms with E-state index in [0.29, 0.717) is 6.04 Å². The van der Waals surface area contributed by atoms with E-state index in [1.165, 1.54) is 51.1 Å². The van der Waals surface area contributed by atoms with Gasteiger partial charge in [0.2, 0.25) is 0 Å². The first-order valence-corrected chi connectivity index (χ1v) is 8.46. The predicted molar refractivity (Wildman–Crippen MR) is 87.7 cm³/mol. The Bertz CT molecular complexity index is 414. The SMILES string of the molecule is CCN1CCC(CNC2CCN(c3ccncc3)CC2)C1. The molecule has 1 N–H and O–H groups in total. The van der Waals surface area contributed by atoms with Gasteiger partial charge in [-0.15, -0.1) is 0 Å². The maximum atomic E-state index is 4.10. The van der Waals surface area contributed by atoms with E-state index in [-0.39, 0.29) is 0 Å². The van der Waals surface area contributed by atoms with E-state index in [2.05, 4.69) is 39.2 Å². The molecule has 2 aliphatic heterocycles. The Morgan fingerprint density at radius 2 is 1.90 bits per heavy atom. The van der Waals surface area contributed by atoms with Gasteiger partial charge in [-0.05, 0) is 56.9 Å². The van der Waals surface area contributed by atoms with Gasteiger partial charge in [-0.2, -0.15) is 0 Å². The summed E-state index contributed by atoms with van der Waals surface area (Å²) in [6.45, 7) is 9.59. The quantitative estimate of drug-likeness (QED) is 0.898. The van der Waals surface area contributed by atoms with Gasteiger partial charge in [0.1, 0.15) is 0 Å². The van der Waals surface area contributed by atoms with Crippen LogP contribution in [0.5, 0.6) is 0 Å². The second-order valence-electron chi connectivity index (χ2n) is 6.42. The van der Waals surface area contributed by atoms with Crippen LogP contribution < -0.4 is 10.2 Å². The number of pyridine rings is 1. The Labute approximate surface area is 128 Å². The van der Waals surface area contributed by atoms with Crippen LogP contribution in [0.15, 0.2) is 24.5 Å². The van der Waals surface area contributed by atoms with Crippen LogP contribution in [-0.2, 0) is 0 Å². The lowest BCUT2D eigenvalue weighted by Gasteiger charge is -2.34. The third-order valence-electron chi connectivity index (χ3n) is 5.04. The molecule has 0 radical (unpaired) electrons. The van der Waals surface area contributed by atoms with Crippen molar-refractivity contribution in [1.82, 2.24) is 15.2 Å². The molecule has 21 heavy (non-hydrogen) atoms. The maximum absolute atomic E-state index is 4.10. The number of nitrogens with one attached hydrogen (secondary N) is 1. The molecule has 0 aliphatic carbocycles. The maximum Gasteiger partial charge on any atom is 0.0397 e. The third-order valence-corrected chi connectivity index (χ3v) is 5.04. The minimum Gasteiger partial charge on any atom is -0.371 e. The molecule has 116 valence electrons. The summed E-state index contributed by atoms with van der Waals surface area (Å²) in [4.78, 5) is 9.15. The highest BCUT2D eigenvalue weighted by Gasteiger charge is 2.23. The van der Waals surface area contributed by atoms with Crippen LogP contribution >= 0.6 is 0 Å². The highest BCUT2D eigenvalue weighted by molar-refractivity contribution is 5.44. The van der Waals surface area contributed by atoms with Gasteiger partial charge in [0.25, 0.3) is 0 Å². The molecule has 0 aromatic carbocycles. The van der Waals surface area contributed by atoms with Crippen LogP contribution in [0.2, 0.25) is 0 Å². The Balaban J connectivity index is 1.38. The van der Waals surface area contributed by atoms with Crippen molar-refractivity contribution in [3.05, 3.63) is 24.5 Å². The monoisotopic (exact) mass is 288 g/mol. The van der Waals surface area contributed by atoms with Gasteiger partial charge in [0.05, 0.1) is 0 Å². The minimum absolute atomic E-state index is 0.707. The summed E-state index contributed by atoms with van der Waals surface area (Å²) >= 11 is 0. The Hall–Kier alpha value is -1.13. The Morgan fingerprint density at radius 1 is 1.14 bits per heavy atom. The summed E-state index contributed by atoms with van der Waals surface area (Å²) in [5.41, 5.74) is 1.32. The summed E-state index contributed by atoms with van der Waals surface area (Å²) in [6.07, 6.45) is 7.66. The van der Waals surface area contributed by atoms with E-state index in [0.717, 1.165) is 19.0 Å². The molecule has 1 aromatic rings. The highest BCUT2D eigenvalue weighted by Crippen LogP contribution is 2.20. The number of aromatic nitrogens is 1. The lowest BCUT2D eigenvalue weighted by atomic mass is 10.0. The molecule has 1 unspecified atom stereocenters. The van der Waals surface area contributed by atoms with E-state index in [1.54, 1.807) is 0 Å². The van der Waals surface area contributed by atoms with Crippen LogP contribution in [0, 0.1) is 5.92 Å². The second kappa shape index (κ2) is 7.23. The first-order chi connectivity index (χ1) is 10.3. The number of likely N-dealkylation sites (tertiary alicyclic amines) is 1. The molecular formula is C17H28N4. The molecule has 3 heterocycles. The van der Waals surface area contributed by atoms with Crippen molar-refractivity contribution in [2.75, 3.05) is 44.2 Å². The van der Waals surface area contributed by atoms with Crippen LogP contribution in [0.25, 0.3) is 0 Å². The number of piperidine rings is 1. The molecule has 1 aromatic heterocycles. The van der Waals surface area contributed by atoms with Crippen LogP contribution in [-0.4, -0.2) is 55.2 Å². The van der Waals surface area contributed by atoms with Gasteiger partial charge in [-0.1, -0.05) is 6.92 Å². The normalized spacial score (nSPS) is 24.6. The van der Waals surface area contributed by atoms with Crippen molar-refractivity contribution >= 4 is 5.69 Å². The molecule has 0 saturated carbocycles. The van der Waals surface area contributed by atoms with E-state index in [1.807, 2.05) is 12.4 Å². The van der Waals surface area contributed by atoms with E-state index in [9.17, 15) is 0 Å². The topological polar surface area (TPSA) is 31.4 Å². The molecule has 4 nitrogen and oxygen atoms in total. The van der Waals surface area contributed by atoms with Gasteiger partial charge in [-0.25, -0.2) is 0 Å². The number of hydrogen-bond acceptors (Lipinski definition) is 4. The fourth-order valence-corrected chi connectivity index (χ4v) is 3.60. The number of hydrogen-bond donors (Lipinski definition) is 1. The molecule has 1 atom stereocenters. The van der Waals surface area contributed by atoms with Gasteiger partial charge in [0.15, 0.2) is 0 Å². The molecule has 2 aliphatic rings. The van der Waals surface area contributed by atoms with Crippen molar-refractivity contribution in [3.63, 3.8) is 0 Å². The summed E-state index contributed by atoms with van der Waals surface area (Å²) in [5.74, 6) is 0.864. The summed E-state index contributed by atoms with van der Waals surface area (Å²) in [7, 11) is 0. The first-order valence-electron chi connectivity index (χ1n) is 8.46. The van der Waals surface area contributed by atoms with Crippen LogP contribution in [0.1, 0.15) is 26.2 Å². The summed E-state index contributed by atoms with van der Waals surface area (Å²) in [6, 6.07) is 4.94. The highest BCUT2D eigenvalue weighted by atomic mass is 15.2. The fourth-order valence-electron chi connectivity index (χ4n) is 3.60. The van der Waals surface area contributed by atoms with Crippen molar-refractivity contribution < 1.29 is 0 Å². The number of rotatable bonds is 5. The number of anilines is 1. The van der Waals surface area contributed by atoms with Gasteiger partial charge >= 0.3 is 0 Å². The molecule has 4 heteroatoms. The molecule has 0 spiro atoms. The first kappa shape index (κ1) is 14.8. The molecule has 0 bridgehead atoms. The lowest BCUT2D eigenvalue weighted by Crippen LogP contribution is -2.44. The number of nitrogens with zero attached hydrogens (tertiary/aromatic N) is 3. The smallest absolute Gasteiger partial charge is 0.0397 e. The second-order valence-corrected chi connectivity index (χ2v) is 6.42. The fraction of sp³-hybridized carbons (Fsp3) is 0.706. The average molecular weight is 288 g/mol. The molecular weight excluding hydrogens is 260 g/mol. The average Bonchev–Trinajstić information content (AvgIpc) is 3.02. The lowest BCUT2D eigenvalue weighted by molar-refractivity contribution is 0.328. The summed E-state index contributed by atoms with van der Waals surface area (Å²) in [5, 5.41) is 3.81. The van der Waals surface area contributed by atoms with E-state index in [4.69, 9.17) is 0 Å². The molecule has 2 saturated heterocycles. The molecule has 0 amide bonds. The van der Waals surface area contributed by atoms with E-state index < -0.39 is 0 Å². The van der Waals surface area contributed by atoms with E-state index >= 15 is 0 Å². The zero-order chi connectivity index (χ0) is 14.5. The van der Waals surface area contributed by atoms with Crippen molar-refractivity contribution in [3.8, 4) is 0 Å². The summed E-state index contributed by atoms with van der Waals surface area (Å²) < 4.78 is 0. The van der Waals surface area contributed by atoms with Crippen molar-refractivity contribution in [2.24, 2.45) is 5.92 Å². The van der Waals surface area contributed by atoms with Crippen LogP contribution in [0.4, 0.5) is 5.69 Å². The Morgan fingerprint density at radius 3 is 2.57 bits per heavy atom. The van der Waals surface area contributed by atoms with Crippen LogP contribution in [0.3, 0.4) is 0 Å². The molecule has 2 fully saturated rings. The van der Waals surface area contributed by atoms with Gasteiger partial charge in [-0.3, -0.25) is 4.98 Å². The molecule has 3 rings (SSSR count). The predicted octanol–water partition coefficient (Wildman–Crippen LogP) is 1.98. The largest absolute Gasteiger partial charge is 0.371 e. The van der Waals surface area contributed by atoms with Crippen molar-refractivity contribution in [2.45, 2.75) is 32.2 Å². The third kappa shape index (κ3) is 3.95. The zero-order valence-corrected chi connectivity index (χ0v) is 13.2. The Kier molecular flexibility index (Phi) is 5.09. The standard InChI is InChI=1S/C17H28N4/c1-2-20-10-5-15(14-20)13-19-16-6-11-21(12-7-16)17-3-8-18-9-4-17/h3-4,8-9,15-16,19H,2,5-7,10-14H2,1H3. The zero-order valence-electron chi connectivity index (χ0n) is 13.2. The van der Waals surface area contributed by atoms with Gasteiger partial charge in [0, 0.05) is 43.8 Å². The minimum atomic E-state index is 0.707.